The first-order valence-electron chi connectivity index (χ1n) is 6.33. The standard InChI is InChI=1S/C12H25N3O2/c1-13-11(12(16)17)6-8-14(2)9-10-5-4-7-15(10)3/h10-11,13H,4-9H2,1-3H3,(H,16,17). The average Bonchev–Trinajstić information content (AvgIpc) is 2.65. The Morgan fingerprint density at radius 2 is 2.35 bits per heavy atom. The van der Waals surface area contributed by atoms with Crippen molar-refractivity contribution in [3.8, 4) is 0 Å². The normalized spacial score (nSPS) is 23.2. The lowest BCUT2D eigenvalue weighted by atomic mass is 10.2. The Labute approximate surface area is 104 Å². The first-order chi connectivity index (χ1) is 8.04. The minimum atomic E-state index is -0.765. The Kier molecular flexibility index (Phi) is 5.88. The first kappa shape index (κ1) is 14.4. The second-order valence-electron chi connectivity index (χ2n) is 5.01. The fourth-order valence-electron chi connectivity index (χ4n) is 2.40. The molecule has 1 saturated heterocycles. The molecule has 1 aliphatic rings. The zero-order chi connectivity index (χ0) is 12.8. The van der Waals surface area contributed by atoms with Gasteiger partial charge in [0.25, 0.3) is 0 Å². The highest BCUT2D eigenvalue weighted by molar-refractivity contribution is 5.73. The molecule has 100 valence electrons. The molecule has 0 aromatic heterocycles. The summed E-state index contributed by atoms with van der Waals surface area (Å²) in [5.41, 5.74) is 0. The second kappa shape index (κ2) is 6.93. The van der Waals surface area contributed by atoms with Crippen molar-refractivity contribution in [2.45, 2.75) is 31.3 Å². The molecule has 5 heteroatoms. The molecule has 0 aromatic rings. The van der Waals surface area contributed by atoms with Crippen LogP contribution in [0.15, 0.2) is 0 Å². The van der Waals surface area contributed by atoms with Crippen molar-refractivity contribution < 1.29 is 9.90 Å². The molecule has 0 saturated carbocycles. The molecule has 0 amide bonds. The molecule has 1 fully saturated rings. The van der Waals surface area contributed by atoms with Gasteiger partial charge in [-0.25, -0.2) is 0 Å². The van der Waals surface area contributed by atoms with Gasteiger partial charge in [-0.15, -0.1) is 0 Å². The van der Waals surface area contributed by atoms with Gasteiger partial charge in [0.05, 0.1) is 0 Å². The third-order valence-corrected chi connectivity index (χ3v) is 3.64. The Morgan fingerprint density at radius 3 is 2.82 bits per heavy atom. The van der Waals surface area contributed by atoms with Crippen LogP contribution >= 0.6 is 0 Å². The van der Waals surface area contributed by atoms with E-state index in [4.69, 9.17) is 5.11 Å². The molecule has 0 radical (unpaired) electrons. The number of nitrogens with zero attached hydrogens (tertiary/aromatic N) is 2. The number of aliphatic carboxylic acids is 1. The van der Waals surface area contributed by atoms with Crippen molar-refractivity contribution in [3.63, 3.8) is 0 Å². The van der Waals surface area contributed by atoms with E-state index >= 15 is 0 Å². The average molecular weight is 243 g/mol. The number of hydrogen-bond donors (Lipinski definition) is 2. The Morgan fingerprint density at radius 1 is 1.65 bits per heavy atom. The summed E-state index contributed by atoms with van der Waals surface area (Å²) in [6, 6.07) is 0.205. The summed E-state index contributed by atoms with van der Waals surface area (Å²) in [6.07, 6.45) is 3.19. The van der Waals surface area contributed by atoms with Crippen LogP contribution in [0.1, 0.15) is 19.3 Å². The van der Waals surface area contributed by atoms with Gasteiger partial charge in [0, 0.05) is 12.6 Å². The number of likely N-dealkylation sites (tertiary alicyclic amines) is 1. The van der Waals surface area contributed by atoms with Crippen molar-refractivity contribution in [1.82, 2.24) is 15.1 Å². The van der Waals surface area contributed by atoms with E-state index in [1.807, 2.05) is 0 Å². The van der Waals surface area contributed by atoms with E-state index in [0.29, 0.717) is 12.5 Å². The van der Waals surface area contributed by atoms with Crippen molar-refractivity contribution in [2.24, 2.45) is 0 Å². The van der Waals surface area contributed by atoms with Crippen LogP contribution in [0.25, 0.3) is 0 Å². The van der Waals surface area contributed by atoms with E-state index in [9.17, 15) is 4.79 Å². The van der Waals surface area contributed by atoms with Crippen LogP contribution in [0.5, 0.6) is 0 Å². The molecule has 0 spiro atoms. The number of likely N-dealkylation sites (N-methyl/N-ethyl adjacent to an activating group) is 3. The third kappa shape index (κ3) is 4.61. The quantitative estimate of drug-likeness (QED) is 0.663. The maximum Gasteiger partial charge on any atom is 0.320 e. The maximum absolute atomic E-state index is 10.9. The summed E-state index contributed by atoms with van der Waals surface area (Å²) in [5.74, 6) is -0.765. The molecule has 0 aliphatic carbocycles. The van der Waals surface area contributed by atoms with Gasteiger partial charge in [0.15, 0.2) is 0 Å². The van der Waals surface area contributed by atoms with E-state index in [-0.39, 0.29) is 0 Å². The van der Waals surface area contributed by atoms with Crippen molar-refractivity contribution in [2.75, 3.05) is 40.8 Å². The molecule has 1 rings (SSSR count). The van der Waals surface area contributed by atoms with Crippen molar-refractivity contribution >= 4 is 5.97 Å². The third-order valence-electron chi connectivity index (χ3n) is 3.64. The minimum Gasteiger partial charge on any atom is -0.480 e. The van der Waals surface area contributed by atoms with Crippen LogP contribution in [0.4, 0.5) is 0 Å². The van der Waals surface area contributed by atoms with E-state index in [2.05, 4.69) is 29.2 Å². The Bertz CT molecular complexity index is 248. The van der Waals surface area contributed by atoms with Gasteiger partial charge in [0.1, 0.15) is 6.04 Å². The predicted octanol–water partition coefficient (Wildman–Crippen LogP) is 0.0751. The number of carboxylic acids is 1. The second-order valence-corrected chi connectivity index (χ2v) is 5.01. The molecule has 1 heterocycles. The molecule has 5 nitrogen and oxygen atoms in total. The van der Waals surface area contributed by atoms with Crippen LogP contribution < -0.4 is 5.32 Å². The van der Waals surface area contributed by atoms with Crippen LogP contribution in [0.2, 0.25) is 0 Å². The van der Waals surface area contributed by atoms with Gasteiger partial charge in [0.2, 0.25) is 0 Å². The molecular weight excluding hydrogens is 218 g/mol. The monoisotopic (exact) mass is 243 g/mol. The van der Waals surface area contributed by atoms with Gasteiger partial charge in [-0.1, -0.05) is 0 Å². The zero-order valence-electron chi connectivity index (χ0n) is 11.1. The summed E-state index contributed by atoms with van der Waals surface area (Å²) in [4.78, 5) is 15.5. The number of rotatable bonds is 7. The van der Waals surface area contributed by atoms with Gasteiger partial charge in [-0.2, -0.15) is 0 Å². The summed E-state index contributed by atoms with van der Waals surface area (Å²) >= 11 is 0. The smallest absolute Gasteiger partial charge is 0.320 e. The van der Waals surface area contributed by atoms with Crippen LogP contribution in [-0.2, 0) is 4.79 Å². The largest absolute Gasteiger partial charge is 0.480 e. The SMILES string of the molecule is CNC(CCN(C)CC1CCCN1C)C(=O)O. The molecule has 0 bridgehead atoms. The number of nitrogens with one attached hydrogen (secondary N) is 1. The Balaban J connectivity index is 2.24. The molecule has 2 N–H and O–H groups in total. The van der Waals surface area contributed by atoms with Crippen molar-refractivity contribution in [3.05, 3.63) is 0 Å². The van der Waals surface area contributed by atoms with Crippen LogP contribution in [-0.4, -0.2) is 73.7 Å². The Hall–Kier alpha value is -0.650. The lowest BCUT2D eigenvalue weighted by Gasteiger charge is -2.26. The molecule has 2 atom stereocenters. The summed E-state index contributed by atoms with van der Waals surface area (Å²) in [6.45, 7) is 3.04. The lowest BCUT2D eigenvalue weighted by Crippen LogP contribution is -2.40. The van der Waals surface area contributed by atoms with Crippen LogP contribution in [0.3, 0.4) is 0 Å². The maximum atomic E-state index is 10.9. The highest BCUT2D eigenvalue weighted by atomic mass is 16.4. The van der Waals surface area contributed by atoms with E-state index in [1.54, 1.807) is 7.05 Å². The van der Waals surface area contributed by atoms with E-state index in [1.165, 1.54) is 19.4 Å². The fourth-order valence-corrected chi connectivity index (χ4v) is 2.40. The van der Waals surface area contributed by atoms with Crippen LogP contribution in [0, 0.1) is 0 Å². The molecule has 1 aliphatic heterocycles. The molecule has 0 aromatic carbocycles. The number of carboxylic acid groups (broad SMARTS) is 1. The minimum absolute atomic E-state index is 0.432. The van der Waals surface area contributed by atoms with Gasteiger partial charge in [-0.05, 0) is 53.5 Å². The first-order valence-corrected chi connectivity index (χ1v) is 6.33. The molecule has 2 unspecified atom stereocenters. The predicted molar refractivity (Wildman–Crippen MR) is 68.2 cm³/mol. The summed E-state index contributed by atoms with van der Waals surface area (Å²) in [7, 11) is 5.93. The zero-order valence-corrected chi connectivity index (χ0v) is 11.1. The lowest BCUT2D eigenvalue weighted by molar-refractivity contribution is -0.139. The van der Waals surface area contributed by atoms with E-state index < -0.39 is 12.0 Å². The van der Waals surface area contributed by atoms with E-state index in [0.717, 1.165) is 13.1 Å². The summed E-state index contributed by atoms with van der Waals surface area (Å²) < 4.78 is 0. The summed E-state index contributed by atoms with van der Waals surface area (Å²) in [5, 5.41) is 11.7. The van der Waals surface area contributed by atoms with Gasteiger partial charge in [-0.3, -0.25) is 4.79 Å². The number of carbonyl (C=O) groups is 1. The van der Waals surface area contributed by atoms with Gasteiger partial charge >= 0.3 is 5.97 Å². The fraction of sp³-hybridized carbons (Fsp3) is 0.917. The highest BCUT2D eigenvalue weighted by Gasteiger charge is 2.22. The van der Waals surface area contributed by atoms with Gasteiger partial charge < -0.3 is 20.2 Å². The molecular formula is C12H25N3O2. The molecule has 17 heavy (non-hydrogen) atoms. The number of hydrogen-bond acceptors (Lipinski definition) is 4. The highest BCUT2D eigenvalue weighted by Crippen LogP contribution is 2.15. The van der Waals surface area contributed by atoms with Crippen molar-refractivity contribution in [1.29, 1.82) is 0 Å². The topological polar surface area (TPSA) is 55.8 Å².